The van der Waals surface area contributed by atoms with E-state index < -0.39 is 10.0 Å². The maximum atomic E-state index is 13.4. The van der Waals surface area contributed by atoms with Crippen LogP contribution in [-0.4, -0.2) is 36.8 Å². The van der Waals surface area contributed by atoms with Gasteiger partial charge in [-0.1, -0.05) is 30.3 Å². The van der Waals surface area contributed by atoms with Gasteiger partial charge in [0, 0.05) is 28.6 Å². The highest BCUT2D eigenvalue weighted by molar-refractivity contribution is 7.89. The fourth-order valence-corrected chi connectivity index (χ4v) is 6.31. The second kappa shape index (κ2) is 11.2. The summed E-state index contributed by atoms with van der Waals surface area (Å²) in [6.45, 7) is 5.91. The number of amides is 1. The standard InChI is InChI=1S/C28H29N3O4S2/c1-19(2)31(18-21-8-6-5-7-9-21)37(33,34)25-16-12-23(13-17-25)27(32)30-28-29-26(20(3)36-28)22-10-14-24(35-4)15-11-22/h5-17,19H,18H2,1-4H3,(H,29,30,32). The summed E-state index contributed by atoms with van der Waals surface area (Å²) in [4.78, 5) is 18.6. The average molecular weight is 536 g/mol. The second-order valence-corrected chi connectivity index (χ2v) is 11.9. The van der Waals surface area contributed by atoms with Crippen molar-refractivity contribution in [2.75, 3.05) is 12.4 Å². The Labute approximate surface area is 221 Å². The van der Waals surface area contributed by atoms with Crippen LogP contribution in [0.3, 0.4) is 0 Å². The zero-order chi connectivity index (χ0) is 26.6. The molecule has 192 valence electrons. The number of hydrogen-bond donors (Lipinski definition) is 1. The van der Waals surface area contributed by atoms with E-state index >= 15 is 0 Å². The van der Waals surface area contributed by atoms with Crippen molar-refractivity contribution in [2.24, 2.45) is 0 Å². The summed E-state index contributed by atoms with van der Waals surface area (Å²) in [5.74, 6) is 0.399. The van der Waals surface area contributed by atoms with Gasteiger partial charge < -0.3 is 4.74 Å². The van der Waals surface area contributed by atoms with Gasteiger partial charge in [0.2, 0.25) is 10.0 Å². The van der Waals surface area contributed by atoms with Crippen LogP contribution >= 0.6 is 11.3 Å². The number of rotatable bonds is 9. The number of methoxy groups -OCH3 is 1. The van der Waals surface area contributed by atoms with Gasteiger partial charge in [-0.15, -0.1) is 11.3 Å². The Morgan fingerprint density at radius 3 is 2.24 bits per heavy atom. The van der Waals surface area contributed by atoms with Crippen LogP contribution < -0.4 is 10.1 Å². The molecule has 0 saturated carbocycles. The van der Waals surface area contributed by atoms with E-state index in [1.807, 2.05) is 75.4 Å². The van der Waals surface area contributed by atoms with Crippen molar-refractivity contribution in [1.29, 1.82) is 0 Å². The Hall–Kier alpha value is -3.53. The van der Waals surface area contributed by atoms with Crippen LogP contribution in [0.2, 0.25) is 0 Å². The van der Waals surface area contributed by atoms with Crippen LogP contribution in [0.4, 0.5) is 5.13 Å². The number of nitrogens with zero attached hydrogens (tertiary/aromatic N) is 2. The molecule has 37 heavy (non-hydrogen) atoms. The topological polar surface area (TPSA) is 88.6 Å². The lowest BCUT2D eigenvalue weighted by Gasteiger charge is -2.26. The number of sulfonamides is 1. The first-order valence-electron chi connectivity index (χ1n) is 11.8. The second-order valence-electron chi connectivity index (χ2n) is 8.76. The molecule has 0 radical (unpaired) electrons. The molecule has 0 atom stereocenters. The number of hydrogen-bond acceptors (Lipinski definition) is 6. The summed E-state index contributed by atoms with van der Waals surface area (Å²) in [5, 5.41) is 3.30. The van der Waals surface area contributed by atoms with Gasteiger partial charge in [0.1, 0.15) is 5.75 Å². The van der Waals surface area contributed by atoms with Gasteiger partial charge in [0.05, 0.1) is 17.7 Å². The van der Waals surface area contributed by atoms with E-state index in [1.165, 1.54) is 39.9 Å². The number of carbonyl (C=O) groups excluding carboxylic acids is 1. The summed E-state index contributed by atoms with van der Waals surface area (Å²) in [6, 6.07) is 22.8. The number of thiazole rings is 1. The zero-order valence-corrected chi connectivity index (χ0v) is 22.8. The Kier molecular flexibility index (Phi) is 8.06. The molecule has 1 heterocycles. The predicted molar refractivity (Wildman–Crippen MR) is 148 cm³/mol. The minimum Gasteiger partial charge on any atom is -0.497 e. The lowest BCUT2D eigenvalue weighted by Crippen LogP contribution is -2.36. The molecule has 0 bridgehead atoms. The number of benzene rings is 3. The zero-order valence-electron chi connectivity index (χ0n) is 21.1. The van der Waals surface area contributed by atoms with Crippen molar-refractivity contribution >= 4 is 32.4 Å². The third-order valence-corrected chi connectivity index (χ3v) is 8.78. The van der Waals surface area contributed by atoms with Gasteiger partial charge >= 0.3 is 0 Å². The van der Waals surface area contributed by atoms with E-state index in [0.717, 1.165) is 27.4 Å². The Bertz CT molecular complexity index is 1460. The molecular weight excluding hydrogens is 506 g/mol. The number of aromatic nitrogens is 1. The molecule has 1 N–H and O–H groups in total. The number of aryl methyl sites for hydroxylation is 1. The maximum absolute atomic E-state index is 13.4. The molecule has 0 aliphatic heterocycles. The molecule has 7 nitrogen and oxygen atoms in total. The van der Waals surface area contributed by atoms with Crippen LogP contribution in [0.5, 0.6) is 5.75 Å². The number of ether oxygens (including phenoxy) is 1. The fourth-order valence-electron chi connectivity index (χ4n) is 3.86. The molecule has 1 amide bonds. The Morgan fingerprint density at radius 2 is 1.65 bits per heavy atom. The molecule has 9 heteroatoms. The summed E-state index contributed by atoms with van der Waals surface area (Å²) in [5.41, 5.74) is 2.96. The SMILES string of the molecule is COc1ccc(-c2nc(NC(=O)c3ccc(S(=O)(=O)N(Cc4ccccc4)C(C)C)cc3)sc2C)cc1. The third-order valence-electron chi connectivity index (χ3n) is 5.86. The maximum Gasteiger partial charge on any atom is 0.257 e. The monoisotopic (exact) mass is 535 g/mol. The van der Waals surface area contributed by atoms with Crippen molar-refractivity contribution in [2.45, 2.75) is 38.3 Å². The van der Waals surface area contributed by atoms with E-state index in [4.69, 9.17) is 4.74 Å². The molecule has 0 spiro atoms. The lowest BCUT2D eigenvalue weighted by molar-refractivity contribution is 0.102. The first-order chi connectivity index (χ1) is 17.7. The van der Waals surface area contributed by atoms with Crippen molar-refractivity contribution < 1.29 is 17.9 Å². The highest BCUT2D eigenvalue weighted by Crippen LogP contribution is 2.31. The molecule has 0 fully saturated rings. The van der Waals surface area contributed by atoms with Gasteiger partial charge in [0.15, 0.2) is 5.13 Å². The minimum absolute atomic E-state index is 0.139. The first kappa shape index (κ1) is 26.5. The smallest absolute Gasteiger partial charge is 0.257 e. The van der Waals surface area contributed by atoms with Crippen LogP contribution in [0.1, 0.15) is 34.6 Å². The van der Waals surface area contributed by atoms with Crippen LogP contribution in [0.15, 0.2) is 83.8 Å². The number of carbonyl (C=O) groups is 1. The highest BCUT2D eigenvalue weighted by Gasteiger charge is 2.27. The van der Waals surface area contributed by atoms with Gasteiger partial charge in [-0.25, -0.2) is 13.4 Å². The minimum atomic E-state index is -3.76. The normalized spacial score (nSPS) is 11.6. The van der Waals surface area contributed by atoms with Gasteiger partial charge in [-0.2, -0.15) is 4.31 Å². The van der Waals surface area contributed by atoms with Crippen molar-refractivity contribution in [1.82, 2.24) is 9.29 Å². The molecular formula is C28H29N3O4S2. The van der Waals surface area contributed by atoms with Crippen LogP contribution in [0, 0.1) is 6.92 Å². The van der Waals surface area contributed by atoms with Gasteiger partial charge in [-0.05, 0) is 74.9 Å². The van der Waals surface area contributed by atoms with E-state index in [-0.39, 0.29) is 23.4 Å². The molecule has 1 aromatic heterocycles. The highest BCUT2D eigenvalue weighted by atomic mass is 32.2. The quantitative estimate of drug-likeness (QED) is 0.285. The average Bonchev–Trinajstić information content (AvgIpc) is 3.27. The molecule has 0 aliphatic carbocycles. The van der Waals surface area contributed by atoms with E-state index in [2.05, 4.69) is 10.3 Å². The molecule has 4 rings (SSSR count). The van der Waals surface area contributed by atoms with Crippen LogP contribution in [0.25, 0.3) is 11.3 Å². The Morgan fingerprint density at radius 1 is 1.00 bits per heavy atom. The summed E-state index contributed by atoms with van der Waals surface area (Å²) < 4.78 is 33.4. The van der Waals surface area contributed by atoms with Gasteiger partial charge in [0.25, 0.3) is 5.91 Å². The molecule has 0 saturated heterocycles. The fraction of sp³-hybridized carbons (Fsp3) is 0.214. The van der Waals surface area contributed by atoms with E-state index in [9.17, 15) is 13.2 Å². The largest absolute Gasteiger partial charge is 0.497 e. The third kappa shape index (κ3) is 6.07. The van der Waals surface area contributed by atoms with Crippen molar-refractivity contribution in [3.63, 3.8) is 0 Å². The predicted octanol–water partition coefficient (Wildman–Crippen LogP) is 5.98. The molecule has 3 aromatic carbocycles. The van der Waals surface area contributed by atoms with E-state index in [0.29, 0.717) is 10.7 Å². The molecule has 0 unspecified atom stereocenters. The summed E-state index contributed by atoms with van der Waals surface area (Å²) in [7, 11) is -2.14. The summed E-state index contributed by atoms with van der Waals surface area (Å²) >= 11 is 1.38. The first-order valence-corrected chi connectivity index (χ1v) is 14.0. The lowest BCUT2D eigenvalue weighted by atomic mass is 10.1. The Balaban J connectivity index is 1.49. The number of nitrogens with one attached hydrogen (secondary N) is 1. The number of anilines is 1. The summed E-state index contributed by atoms with van der Waals surface area (Å²) in [6.07, 6.45) is 0. The van der Waals surface area contributed by atoms with Crippen LogP contribution in [-0.2, 0) is 16.6 Å². The van der Waals surface area contributed by atoms with E-state index in [1.54, 1.807) is 7.11 Å². The molecule has 4 aromatic rings. The van der Waals surface area contributed by atoms with Crippen molar-refractivity contribution in [3.8, 4) is 17.0 Å². The van der Waals surface area contributed by atoms with Crippen molar-refractivity contribution in [3.05, 3.63) is 94.9 Å². The van der Waals surface area contributed by atoms with Gasteiger partial charge in [-0.3, -0.25) is 10.1 Å². The molecule has 0 aliphatic rings.